The fourth-order valence-corrected chi connectivity index (χ4v) is 10.2. The van der Waals surface area contributed by atoms with Crippen LogP contribution < -0.4 is 20.7 Å². The van der Waals surface area contributed by atoms with E-state index in [2.05, 4.69) is 91.0 Å². The Labute approximate surface area is 202 Å². The summed E-state index contributed by atoms with van der Waals surface area (Å²) in [5.74, 6) is 1.06. The van der Waals surface area contributed by atoms with Crippen LogP contribution >= 0.6 is 7.26 Å². The highest BCUT2D eigenvalue weighted by Gasteiger charge is 2.58. The molecule has 1 heterocycles. The first-order chi connectivity index (χ1) is 16.7. The van der Waals surface area contributed by atoms with Crippen molar-refractivity contribution in [1.29, 1.82) is 0 Å². The van der Waals surface area contributed by atoms with Gasteiger partial charge in [-0.2, -0.15) is 0 Å². The summed E-state index contributed by atoms with van der Waals surface area (Å²) in [4.78, 5) is 16.2. The zero-order valence-corrected chi connectivity index (χ0v) is 20.3. The molecule has 1 atom stereocenters. The monoisotopic (exact) mass is 466 g/mol. The molecule has 3 nitrogen and oxygen atoms in total. The summed E-state index contributed by atoms with van der Waals surface area (Å²) in [6.07, 6.45) is 0.834. The van der Waals surface area contributed by atoms with Gasteiger partial charge in [-0.15, -0.1) is 0 Å². The summed E-state index contributed by atoms with van der Waals surface area (Å²) in [6, 6.07) is 40.0. The third kappa shape index (κ3) is 3.91. The Bertz CT molecular complexity index is 1150. The van der Waals surface area contributed by atoms with Crippen molar-refractivity contribution in [3.05, 3.63) is 121 Å². The maximum Gasteiger partial charge on any atom is 0.264 e. The Morgan fingerprint density at radius 1 is 0.735 bits per heavy atom. The first kappa shape index (κ1) is 22.4. The Kier molecular flexibility index (Phi) is 6.47. The van der Waals surface area contributed by atoms with Gasteiger partial charge >= 0.3 is 0 Å². The quantitative estimate of drug-likeness (QED) is 0.367. The third-order valence-corrected chi connectivity index (χ3v) is 11.5. The Balaban J connectivity index is 1.64. The van der Waals surface area contributed by atoms with Crippen molar-refractivity contribution in [2.45, 2.75) is 18.6 Å². The van der Waals surface area contributed by atoms with Crippen LogP contribution in [0.1, 0.15) is 12.0 Å². The highest BCUT2D eigenvalue weighted by atomic mass is 31.2. The zero-order valence-electron chi connectivity index (χ0n) is 19.4. The molecule has 4 aromatic carbocycles. The number of nitrogens with zero attached hydrogens (tertiary/aromatic N) is 1. The fraction of sp³-hybridized carbons (Fsp3) is 0.167. The lowest BCUT2D eigenvalue weighted by Gasteiger charge is -2.32. The van der Waals surface area contributed by atoms with Crippen molar-refractivity contribution in [2.24, 2.45) is 0 Å². The van der Waals surface area contributed by atoms with Gasteiger partial charge in [0.1, 0.15) is 28.9 Å². The van der Waals surface area contributed by atoms with E-state index in [0.29, 0.717) is 6.54 Å². The second kappa shape index (κ2) is 9.83. The molecule has 1 saturated heterocycles. The Morgan fingerprint density at radius 3 is 1.71 bits per heavy atom. The highest BCUT2D eigenvalue weighted by Crippen LogP contribution is 2.62. The maximum atomic E-state index is 14.2. The van der Waals surface area contributed by atoms with Gasteiger partial charge in [0.25, 0.3) is 5.91 Å². The predicted molar refractivity (Wildman–Crippen MR) is 142 cm³/mol. The molecule has 1 amide bonds. The van der Waals surface area contributed by atoms with Crippen molar-refractivity contribution < 1.29 is 9.53 Å². The Morgan fingerprint density at radius 2 is 1.21 bits per heavy atom. The fourth-order valence-electron chi connectivity index (χ4n) is 5.25. The lowest BCUT2D eigenvalue weighted by molar-refractivity contribution is -0.127. The van der Waals surface area contributed by atoms with Crippen LogP contribution in [-0.4, -0.2) is 30.1 Å². The summed E-state index contributed by atoms with van der Waals surface area (Å²) >= 11 is 0. The number of hydrogen-bond acceptors (Lipinski definition) is 2. The number of methoxy groups -OCH3 is 1. The number of rotatable bonds is 7. The van der Waals surface area contributed by atoms with Crippen LogP contribution in [0.15, 0.2) is 115 Å². The molecular formula is C30H29NO2P+. The van der Waals surface area contributed by atoms with Gasteiger partial charge in [-0.1, -0.05) is 72.8 Å². The minimum Gasteiger partial charge on any atom is -0.496 e. The average molecular weight is 467 g/mol. The predicted octanol–water partition coefficient (Wildman–Crippen LogP) is 4.79. The average Bonchev–Trinajstić information content (AvgIpc) is 3.27. The van der Waals surface area contributed by atoms with Crippen LogP contribution in [0, 0.1) is 0 Å². The van der Waals surface area contributed by atoms with E-state index in [4.69, 9.17) is 4.74 Å². The molecule has 1 fully saturated rings. The molecule has 0 aliphatic carbocycles. The van der Waals surface area contributed by atoms with E-state index in [0.717, 1.165) is 24.3 Å². The third-order valence-electron chi connectivity index (χ3n) is 6.78. The van der Waals surface area contributed by atoms with Crippen molar-refractivity contribution in [3.8, 4) is 5.75 Å². The van der Waals surface area contributed by atoms with Crippen LogP contribution in [0.2, 0.25) is 0 Å². The number of hydrogen-bond donors (Lipinski definition) is 0. The number of amides is 1. The maximum absolute atomic E-state index is 14.2. The van der Waals surface area contributed by atoms with Gasteiger partial charge in [0.2, 0.25) is 0 Å². The van der Waals surface area contributed by atoms with Gasteiger partial charge in [-0.25, -0.2) is 0 Å². The van der Waals surface area contributed by atoms with E-state index >= 15 is 0 Å². The van der Waals surface area contributed by atoms with Crippen molar-refractivity contribution in [1.82, 2.24) is 4.90 Å². The number of para-hydroxylation sites is 1. The summed E-state index contributed by atoms with van der Waals surface area (Å²) in [5.41, 5.74) is 0.941. The highest BCUT2D eigenvalue weighted by molar-refractivity contribution is 7.96. The Hall–Kier alpha value is -3.42. The number of carbonyl (C=O) groups excluding carboxylic acids is 1. The second-order valence-electron chi connectivity index (χ2n) is 8.61. The van der Waals surface area contributed by atoms with Crippen molar-refractivity contribution in [2.75, 3.05) is 13.7 Å². The van der Waals surface area contributed by atoms with Gasteiger partial charge in [0.05, 0.1) is 7.11 Å². The normalized spacial score (nSPS) is 16.0. The molecule has 0 N–H and O–H groups in total. The van der Waals surface area contributed by atoms with E-state index < -0.39 is 7.26 Å². The molecule has 4 heteroatoms. The summed E-state index contributed by atoms with van der Waals surface area (Å²) in [5, 5.41) is 3.76. The summed E-state index contributed by atoms with van der Waals surface area (Å²) < 4.78 is 5.56. The lowest BCUT2D eigenvalue weighted by Crippen LogP contribution is -2.42. The smallest absolute Gasteiger partial charge is 0.264 e. The van der Waals surface area contributed by atoms with Crippen LogP contribution in [0.5, 0.6) is 5.75 Å². The first-order valence-corrected chi connectivity index (χ1v) is 13.6. The standard InChI is InChI=1S/C30H29NO2P/c1-33-28-20-12-11-13-24(28)23-31-22-21-29(30(31)32)34(25-14-5-2-6-15-25,26-16-7-3-8-17-26)27-18-9-4-10-19-27/h2-20,29H,21-23H2,1H3/q+1/t29-/m1/s1. The zero-order chi connectivity index (χ0) is 23.4. The van der Waals surface area contributed by atoms with E-state index in [1.807, 2.05) is 29.2 Å². The molecule has 34 heavy (non-hydrogen) atoms. The van der Waals surface area contributed by atoms with E-state index in [1.165, 1.54) is 15.9 Å². The summed E-state index contributed by atoms with van der Waals surface area (Å²) in [7, 11) is -0.556. The molecule has 0 bridgehead atoms. The molecule has 1 aliphatic heterocycles. The molecular weight excluding hydrogens is 437 g/mol. The number of benzene rings is 4. The minimum absolute atomic E-state index is 0.102. The molecule has 0 saturated carbocycles. The minimum atomic E-state index is -2.24. The van der Waals surface area contributed by atoms with Gasteiger partial charge in [0, 0.05) is 25.1 Å². The molecule has 170 valence electrons. The van der Waals surface area contributed by atoms with Crippen molar-refractivity contribution >= 4 is 29.1 Å². The molecule has 0 unspecified atom stereocenters. The topological polar surface area (TPSA) is 29.5 Å². The van der Waals surface area contributed by atoms with Crippen LogP contribution in [0.3, 0.4) is 0 Å². The molecule has 0 radical (unpaired) electrons. The lowest BCUT2D eigenvalue weighted by atomic mass is 10.2. The molecule has 1 aliphatic rings. The molecule has 0 spiro atoms. The van der Waals surface area contributed by atoms with E-state index in [9.17, 15) is 4.79 Å². The van der Waals surface area contributed by atoms with Crippen LogP contribution in [-0.2, 0) is 11.3 Å². The second-order valence-corrected chi connectivity index (χ2v) is 12.2. The number of carbonyl (C=O) groups is 1. The van der Waals surface area contributed by atoms with Crippen LogP contribution in [0.25, 0.3) is 0 Å². The molecule has 5 rings (SSSR count). The largest absolute Gasteiger partial charge is 0.496 e. The van der Waals surface area contributed by atoms with Crippen LogP contribution in [0.4, 0.5) is 0 Å². The van der Waals surface area contributed by atoms with Gasteiger partial charge in [-0.3, -0.25) is 4.79 Å². The number of ether oxygens (including phenoxy) is 1. The SMILES string of the molecule is COc1ccccc1CN1CC[C@@H]([P+](c2ccccc2)(c2ccccc2)c2ccccc2)C1=O. The van der Waals surface area contributed by atoms with Gasteiger partial charge < -0.3 is 9.64 Å². The first-order valence-electron chi connectivity index (χ1n) is 11.7. The van der Waals surface area contributed by atoms with E-state index in [-0.39, 0.29) is 11.6 Å². The van der Waals surface area contributed by atoms with Gasteiger partial charge in [0.15, 0.2) is 5.66 Å². The molecule has 0 aromatic heterocycles. The van der Waals surface area contributed by atoms with Crippen molar-refractivity contribution in [3.63, 3.8) is 0 Å². The molecule has 4 aromatic rings. The van der Waals surface area contributed by atoms with Gasteiger partial charge in [-0.05, 0) is 42.5 Å². The number of likely N-dealkylation sites (tertiary alicyclic amines) is 1. The van der Waals surface area contributed by atoms with E-state index in [1.54, 1.807) is 7.11 Å². The summed E-state index contributed by atoms with van der Waals surface area (Å²) in [6.45, 7) is 1.31.